The minimum Gasteiger partial charge on any atom is -0.493 e. The van der Waals surface area contributed by atoms with E-state index < -0.39 is 0 Å². The highest BCUT2D eigenvalue weighted by molar-refractivity contribution is 8.29. The smallest absolute Gasteiger partial charge is 0.257 e. The van der Waals surface area contributed by atoms with Gasteiger partial charge in [0.2, 0.25) is 0 Å². The number of nitrogens with zero attached hydrogens (tertiary/aromatic N) is 5. The molecule has 9 rings (SSSR count). The molecule has 5 aromatic carbocycles. The van der Waals surface area contributed by atoms with Crippen molar-refractivity contribution in [2.75, 3.05) is 71.5 Å². The number of carbonyl (C=O) groups excluding carboxylic acids is 2. The van der Waals surface area contributed by atoms with Crippen LogP contribution < -0.4 is 19.1 Å². The first-order valence-corrected chi connectivity index (χ1v) is 26.8. The van der Waals surface area contributed by atoms with E-state index in [1.165, 1.54) is 16.7 Å². The number of hydrogen-bond acceptors (Lipinski definition) is 12. The van der Waals surface area contributed by atoms with Gasteiger partial charge in [-0.3, -0.25) is 19.6 Å². The number of ether oxygens (including phenoxy) is 6. The first-order valence-electron chi connectivity index (χ1n) is 24.2. The van der Waals surface area contributed by atoms with Crippen LogP contribution in [-0.2, 0) is 74.0 Å². The Morgan fingerprint density at radius 3 is 1.76 bits per heavy atom. The summed E-state index contributed by atoms with van der Waals surface area (Å²) in [5, 5.41) is 0. The standard InChI is InChI=1S/C56H63N5O8S2/c1-37-21-47-49(57-30-45-25-40-11-7-9-13-42(40)32-60(45)54(47)62)28-51(37)68-34-38-22-39(24-44(23-38)59(36-56(2,3)71(6)70)15-16-66-19-20-67-18-17-64-4)35-69-53-29-50-48(27-52(53)65-5)55(63)61-33-43-14-10-8-12-41(43)26-46(61)31-58-50/h7-14,21-24,27-31,45-46H,15-20,25-26,32-36H2,1-6H3/t45-,46-,71?/m0/s1. The van der Waals surface area contributed by atoms with Crippen LogP contribution in [0, 0.1) is 6.92 Å². The lowest BCUT2D eigenvalue weighted by Gasteiger charge is -2.35. The van der Waals surface area contributed by atoms with Gasteiger partial charge in [0.1, 0.15) is 19.0 Å². The van der Waals surface area contributed by atoms with Gasteiger partial charge in [0, 0.05) is 68.3 Å². The third kappa shape index (κ3) is 11.4. The van der Waals surface area contributed by atoms with Crippen molar-refractivity contribution in [2.45, 2.75) is 76.7 Å². The minimum atomic E-state index is -0.315. The zero-order chi connectivity index (χ0) is 49.6. The molecule has 4 aliphatic heterocycles. The normalized spacial score (nSPS) is 17.2. The molecular formula is C56H63N5O8S2. The Bertz CT molecular complexity index is 2870. The van der Waals surface area contributed by atoms with Crippen LogP contribution in [0.25, 0.3) is 0 Å². The van der Waals surface area contributed by atoms with Crippen molar-refractivity contribution in [3.8, 4) is 17.2 Å². The number of fused-ring (bicyclic) bond motifs is 6. The van der Waals surface area contributed by atoms with Crippen LogP contribution in [-0.4, -0.2) is 117 Å². The molecule has 0 aromatic heterocycles. The number of methoxy groups -OCH3 is 2. The van der Waals surface area contributed by atoms with E-state index in [4.69, 9.17) is 49.6 Å². The summed E-state index contributed by atoms with van der Waals surface area (Å²) in [6.07, 6.45) is 7.31. The Hall–Kier alpha value is -5.97. The number of rotatable bonds is 20. The molecule has 15 heteroatoms. The molecular weight excluding hydrogens is 935 g/mol. The third-order valence-corrected chi connectivity index (χ3v) is 16.8. The molecule has 372 valence electrons. The predicted octanol–water partition coefficient (Wildman–Crippen LogP) is 8.70. The number of anilines is 1. The van der Waals surface area contributed by atoms with Crippen LogP contribution >= 0.6 is 0 Å². The molecule has 0 radical (unpaired) electrons. The molecule has 0 saturated heterocycles. The van der Waals surface area contributed by atoms with Gasteiger partial charge in [0.25, 0.3) is 11.8 Å². The highest BCUT2D eigenvalue weighted by Crippen LogP contribution is 2.40. The Balaban J connectivity index is 0.992. The van der Waals surface area contributed by atoms with Crippen molar-refractivity contribution in [3.63, 3.8) is 0 Å². The van der Waals surface area contributed by atoms with E-state index in [9.17, 15) is 9.59 Å². The second-order valence-electron chi connectivity index (χ2n) is 19.1. The monoisotopic (exact) mass is 997 g/mol. The first kappa shape index (κ1) is 50.0. The van der Waals surface area contributed by atoms with Gasteiger partial charge >= 0.3 is 0 Å². The average molecular weight is 998 g/mol. The van der Waals surface area contributed by atoms with Gasteiger partial charge in [-0.2, -0.15) is 0 Å². The average Bonchev–Trinajstić information content (AvgIpc) is 3.58. The van der Waals surface area contributed by atoms with Crippen molar-refractivity contribution in [1.82, 2.24) is 9.80 Å². The van der Waals surface area contributed by atoms with Gasteiger partial charge in [0.05, 0.1) is 74.7 Å². The zero-order valence-corrected chi connectivity index (χ0v) is 43.1. The van der Waals surface area contributed by atoms with Crippen LogP contribution in [0.5, 0.6) is 17.2 Å². The number of hydrogen-bond donors (Lipinski definition) is 0. The van der Waals surface area contributed by atoms with Crippen LogP contribution in [0.3, 0.4) is 0 Å². The quantitative estimate of drug-likeness (QED) is 0.0700. The SMILES string of the molecule is COCCOCCOCCN(CC(C)(C)S(C)=S)c1cc(COc2cc3c(cc2C)C(=O)N2Cc4ccccc4C[C@H]2C=N3)cc(COc2cc3c(cc2OC)C(=O)N2Cc4ccccc4C[C@H]2C=N3)c1. The van der Waals surface area contributed by atoms with Crippen molar-refractivity contribution in [3.05, 3.63) is 141 Å². The minimum absolute atomic E-state index is 0.0325. The summed E-state index contributed by atoms with van der Waals surface area (Å²) >= 11 is 5.90. The molecule has 2 amide bonds. The van der Waals surface area contributed by atoms with Gasteiger partial charge in [-0.25, -0.2) is 0 Å². The molecule has 1 unspecified atom stereocenters. The van der Waals surface area contributed by atoms with Crippen LogP contribution in [0.15, 0.2) is 101 Å². The van der Waals surface area contributed by atoms with Crippen molar-refractivity contribution in [2.24, 2.45) is 9.98 Å². The Labute approximate surface area is 424 Å². The topological polar surface area (TPSA) is 124 Å². The van der Waals surface area contributed by atoms with Gasteiger partial charge in [-0.1, -0.05) is 59.7 Å². The van der Waals surface area contributed by atoms with Gasteiger partial charge < -0.3 is 43.1 Å². The maximum atomic E-state index is 14.1. The second-order valence-corrected chi connectivity index (χ2v) is 22.6. The number of carbonyl (C=O) groups is 2. The van der Waals surface area contributed by atoms with E-state index in [2.05, 4.69) is 67.5 Å². The Kier molecular flexibility index (Phi) is 15.6. The highest BCUT2D eigenvalue weighted by atomic mass is 32.8. The van der Waals surface area contributed by atoms with Crippen LogP contribution in [0.1, 0.15) is 73.5 Å². The summed E-state index contributed by atoms with van der Waals surface area (Å²) in [5.74, 6) is 1.43. The fourth-order valence-electron chi connectivity index (χ4n) is 9.56. The molecule has 5 aromatic rings. The summed E-state index contributed by atoms with van der Waals surface area (Å²) in [5.41, 5.74) is 10.6. The maximum absolute atomic E-state index is 14.1. The molecule has 0 N–H and O–H groups in total. The summed E-state index contributed by atoms with van der Waals surface area (Å²) in [4.78, 5) is 44.1. The van der Waals surface area contributed by atoms with Crippen molar-refractivity contribution in [1.29, 1.82) is 0 Å². The fourth-order valence-corrected chi connectivity index (χ4v) is 10.1. The summed E-state index contributed by atoms with van der Waals surface area (Å²) in [7, 11) is 2.92. The molecule has 0 aliphatic carbocycles. The van der Waals surface area contributed by atoms with E-state index in [1.54, 1.807) is 26.4 Å². The molecule has 0 saturated carbocycles. The van der Waals surface area contributed by atoms with E-state index >= 15 is 0 Å². The van der Waals surface area contributed by atoms with Crippen LogP contribution in [0.2, 0.25) is 0 Å². The predicted molar refractivity (Wildman–Crippen MR) is 284 cm³/mol. The largest absolute Gasteiger partial charge is 0.493 e. The Morgan fingerprint density at radius 1 is 0.676 bits per heavy atom. The van der Waals surface area contributed by atoms with Gasteiger partial charge in [-0.15, -0.1) is 9.45 Å². The van der Waals surface area contributed by atoms with E-state index in [0.29, 0.717) is 105 Å². The van der Waals surface area contributed by atoms with E-state index in [1.807, 2.05) is 65.6 Å². The van der Waals surface area contributed by atoms with Crippen molar-refractivity contribution >= 4 is 61.9 Å². The zero-order valence-electron chi connectivity index (χ0n) is 41.5. The second kappa shape index (κ2) is 22.2. The number of benzene rings is 5. The molecule has 0 spiro atoms. The number of aliphatic imine (C=N–C) groups is 2. The third-order valence-electron chi connectivity index (χ3n) is 13.8. The maximum Gasteiger partial charge on any atom is 0.257 e. The van der Waals surface area contributed by atoms with Crippen molar-refractivity contribution < 1.29 is 38.0 Å². The molecule has 13 nitrogen and oxygen atoms in total. The molecule has 0 fully saturated rings. The fraction of sp³-hybridized carbons (Fsp3) is 0.393. The summed E-state index contributed by atoms with van der Waals surface area (Å²) < 4.78 is 35.8. The lowest BCUT2D eigenvalue weighted by Crippen LogP contribution is -2.44. The molecule has 0 bridgehead atoms. The number of amides is 2. The van der Waals surface area contributed by atoms with E-state index in [0.717, 1.165) is 34.4 Å². The molecule has 4 heterocycles. The highest BCUT2D eigenvalue weighted by Gasteiger charge is 2.35. The first-order chi connectivity index (χ1) is 34.4. The van der Waals surface area contributed by atoms with Crippen LogP contribution in [0.4, 0.5) is 17.1 Å². The molecule has 71 heavy (non-hydrogen) atoms. The molecule has 3 atom stereocenters. The lowest BCUT2D eigenvalue weighted by atomic mass is 9.94. The van der Waals surface area contributed by atoms with E-state index in [-0.39, 0.29) is 51.3 Å². The molecule has 4 aliphatic rings. The lowest BCUT2D eigenvalue weighted by molar-refractivity contribution is 0.0264. The Morgan fingerprint density at radius 2 is 1.20 bits per heavy atom. The summed E-state index contributed by atoms with van der Waals surface area (Å²) in [6, 6.07) is 30.0. The number of aryl methyl sites for hydroxylation is 1. The van der Waals surface area contributed by atoms with Gasteiger partial charge in [0.15, 0.2) is 11.5 Å². The summed E-state index contributed by atoms with van der Waals surface area (Å²) in [6.45, 7) is 11.6. The van der Waals surface area contributed by atoms with Gasteiger partial charge in [-0.05, 0) is 109 Å².